The fourth-order valence-corrected chi connectivity index (χ4v) is 4.95. The lowest BCUT2D eigenvalue weighted by Crippen LogP contribution is -2.52. The van der Waals surface area contributed by atoms with E-state index < -0.39 is 0 Å². The maximum absolute atomic E-state index is 13.3. The number of hydrogen-bond acceptors (Lipinski definition) is 3. The highest BCUT2D eigenvalue weighted by Crippen LogP contribution is 2.39. The minimum absolute atomic E-state index is 0.135. The van der Waals surface area contributed by atoms with E-state index in [9.17, 15) is 4.79 Å². The van der Waals surface area contributed by atoms with Crippen molar-refractivity contribution in [1.29, 1.82) is 0 Å². The molecule has 3 aliphatic rings. The predicted octanol–water partition coefficient (Wildman–Crippen LogP) is 4.01. The first kappa shape index (κ1) is 18.5. The lowest BCUT2D eigenvalue weighted by atomic mass is 9.81. The Morgan fingerprint density at radius 1 is 1.15 bits per heavy atom. The highest BCUT2D eigenvalue weighted by atomic mass is 16.5. The number of benzene rings is 1. The molecule has 0 N–H and O–H groups in total. The summed E-state index contributed by atoms with van der Waals surface area (Å²) < 4.78 is 6.65. The maximum atomic E-state index is 13.3. The van der Waals surface area contributed by atoms with Crippen LogP contribution in [0.4, 0.5) is 0 Å². The zero-order chi connectivity index (χ0) is 18.9. The van der Waals surface area contributed by atoms with Crippen molar-refractivity contribution in [3.8, 4) is 5.75 Å². The Morgan fingerprint density at radius 3 is 2.63 bits per heavy atom. The number of para-hydroxylation sites is 1. The molecule has 1 aliphatic heterocycles. The van der Waals surface area contributed by atoms with Gasteiger partial charge in [-0.05, 0) is 65.1 Å². The summed E-state index contributed by atoms with van der Waals surface area (Å²) >= 11 is 0. The first-order valence-electron chi connectivity index (χ1n) is 10.4. The molecule has 1 aromatic carbocycles. The SMILES string of the molecule is CN(C)C1CCC2(CC1)CN(C(=O)[C@@H]1CC=CCC1)Cc1ccccc1O2. The first-order valence-corrected chi connectivity index (χ1v) is 10.4. The molecule has 1 atom stereocenters. The second kappa shape index (κ2) is 7.67. The summed E-state index contributed by atoms with van der Waals surface area (Å²) in [6, 6.07) is 8.90. The molecule has 0 unspecified atom stereocenters. The number of allylic oxidation sites excluding steroid dienone is 2. The van der Waals surface area contributed by atoms with Gasteiger partial charge in [0.1, 0.15) is 11.4 Å². The fraction of sp³-hybridized carbons (Fsp3) is 0.609. The second-order valence-electron chi connectivity index (χ2n) is 8.76. The second-order valence-corrected chi connectivity index (χ2v) is 8.76. The van der Waals surface area contributed by atoms with Crippen molar-refractivity contribution in [2.24, 2.45) is 5.92 Å². The molecular formula is C23H32N2O2. The van der Waals surface area contributed by atoms with Gasteiger partial charge >= 0.3 is 0 Å². The molecule has 4 rings (SSSR count). The minimum atomic E-state index is -0.237. The van der Waals surface area contributed by atoms with Gasteiger partial charge < -0.3 is 14.5 Å². The van der Waals surface area contributed by atoms with E-state index in [1.54, 1.807) is 0 Å². The summed E-state index contributed by atoms with van der Waals surface area (Å²) in [5.41, 5.74) is 0.906. The van der Waals surface area contributed by atoms with E-state index >= 15 is 0 Å². The van der Waals surface area contributed by atoms with E-state index in [1.807, 2.05) is 6.07 Å². The summed E-state index contributed by atoms with van der Waals surface area (Å²) in [4.78, 5) is 17.8. The molecule has 1 saturated carbocycles. The average molecular weight is 369 g/mol. The van der Waals surface area contributed by atoms with Crippen molar-refractivity contribution < 1.29 is 9.53 Å². The summed E-state index contributed by atoms with van der Waals surface area (Å²) in [5.74, 6) is 1.42. The van der Waals surface area contributed by atoms with Crippen molar-refractivity contribution in [3.05, 3.63) is 42.0 Å². The van der Waals surface area contributed by atoms with Gasteiger partial charge in [-0.2, -0.15) is 0 Å². The number of ether oxygens (including phenoxy) is 1. The van der Waals surface area contributed by atoms with Crippen molar-refractivity contribution >= 4 is 5.91 Å². The highest BCUT2D eigenvalue weighted by molar-refractivity contribution is 5.79. The topological polar surface area (TPSA) is 32.8 Å². The van der Waals surface area contributed by atoms with Crippen LogP contribution < -0.4 is 4.74 Å². The van der Waals surface area contributed by atoms with Gasteiger partial charge in [-0.3, -0.25) is 4.79 Å². The summed E-state index contributed by atoms with van der Waals surface area (Å²) in [5, 5.41) is 0. The molecule has 2 aliphatic carbocycles. The van der Waals surface area contributed by atoms with Gasteiger partial charge in [-0.25, -0.2) is 0 Å². The largest absolute Gasteiger partial charge is 0.485 e. The van der Waals surface area contributed by atoms with Gasteiger partial charge in [-0.15, -0.1) is 0 Å². The van der Waals surface area contributed by atoms with Crippen molar-refractivity contribution in [2.75, 3.05) is 20.6 Å². The van der Waals surface area contributed by atoms with Gasteiger partial charge in [0.05, 0.1) is 6.54 Å². The number of carbonyl (C=O) groups excluding carboxylic acids is 1. The smallest absolute Gasteiger partial charge is 0.226 e. The number of nitrogens with zero attached hydrogens (tertiary/aromatic N) is 2. The van der Waals surface area contributed by atoms with Crippen LogP contribution in [0.15, 0.2) is 36.4 Å². The van der Waals surface area contributed by atoms with E-state index in [1.165, 1.54) is 0 Å². The van der Waals surface area contributed by atoms with E-state index in [4.69, 9.17) is 4.74 Å². The maximum Gasteiger partial charge on any atom is 0.226 e. The Hall–Kier alpha value is -1.81. The quantitative estimate of drug-likeness (QED) is 0.740. The minimum Gasteiger partial charge on any atom is -0.485 e. The predicted molar refractivity (Wildman–Crippen MR) is 108 cm³/mol. The third kappa shape index (κ3) is 3.91. The lowest BCUT2D eigenvalue weighted by Gasteiger charge is -2.43. The normalized spacial score (nSPS) is 30.7. The van der Waals surface area contributed by atoms with Crippen LogP contribution in [-0.4, -0.2) is 48.0 Å². The van der Waals surface area contributed by atoms with Crippen molar-refractivity contribution in [2.45, 2.75) is 63.1 Å². The van der Waals surface area contributed by atoms with Gasteiger partial charge in [0.15, 0.2) is 0 Å². The van der Waals surface area contributed by atoms with Crippen LogP contribution in [0.1, 0.15) is 50.5 Å². The summed E-state index contributed by atoms with van der Waals surface area (Å²) in [6.45, 7) is 1.40. The molecular weight excluding hydrogens is 336 g/mol. The van der Waals surface area contributed by atoms with E-state index in [-0.39, 0.29) is 11.5 Å². The number of rotatable bonds is 2. The van der Waals surface area contributed by atoms with Crippen LogP contribution in [0.5, 0.6) is 5.75 Å². The van der Waals surface area contributed by atoms with Crippen LogP contribution in [-0.2, 0) is 11.3 Å². The molecule has 4 heteroatoms. The molecule has 0 aromatic heterocycles. The van der Waals surface area contributed by atoms with E-state index in [2.05, 4.69) is 54.2 Å². The lowest BCUT2D eigenvalue weighted by molar-refractivity contribution is -0.139. The van der Waals surface area contributed by atoms with Crippen LogP contribution >= 0.6 is 0 Å². The number of amides is 1. The number of carbonyl (C=O) groups is 1. The van der Waals surface area contributed by atoms with Crippen LogP contribution in [0, 0.1) is 5.92 Å². The summed E-state index contributed by atoms with van der Waals surface area (Å²) in [7, 11) is 4.33. The van der Waals surface area contributed by atoms with Gasteiger partial charge in [-0.1, -0.05) is 30.4 Å². The summed E-state index contributed by atoms with van der Waals surface area (Å²) in [6.07, 6.45) is 11.5. The molecule has 0 radical (unpaired) electrons. The molecule has 1 amide bonds. The third-order valence-corrected chi connectivity index (χ3v) is 6.67. The van der Waals surface area contributed by atoms with Crippen molar-refractivity contribution in [3.63, 3.8) is 0 Å². The van der Waals surface area contributed by atoms with Crippen LogP contribution in [0.2, 0.25) is 0 Å². The first-order chi connectivity index (χ1) is 13.1. The fourth-order valence-electron chi connectivity index (χ4n) is 4.95. The van der Waals surface area contributed by atoms with Gasteiger partial charge in [0, 0.05) is 24.1 Å². The molecule has 0 saturated heterocycles. The average Bonchev–Trinajstić information content (AvgIpc) is 2.85. The zero-order valence-electron chi connectivity index (χ0n) is 16.7. The Labute approximate surface area is 163 Å². The Morgan fingerprint density at radius 2 is 1.93 bits per heavy atom. The molecule has 1 heterocycles. The Bertz CT molecular complexity index is 704. The monoisotopic (exact) mass is 368 g/mol. The molecule has 1 fully saturated rings. The third-order valence-electron chi connectivity index (χ3n) is 6.67. The standard InChI is InChI=1S/C23H32N2O2/c1-24(2)20-12-14-23(15-13-20)17-25(22(26)18-8-4-3-5-9-18)16-19-10-6-7-11-21(19)27-23/h3-4,6-7,10-11,18,20H,5,8-9,12-17H2,1-2H3/t18-,20?,23?/m1/s1. The Balaban J connectivity index is 1.59. The molecule has 0 bridgehead atoms. The molecule has 1 spiro atoms. The van der Waals surface area contributed by atoms with Gasteiger partial charge in [0.2, 0.25) is 5.91 Å². The zero-order valence-corrected chi connectivity index (χ0v) is 16.7. The number of hydrogen-bond donors (Lipinski definition) is 0. The number of fused-ring (bicyclic) bond motifs is 1. The molecule has 27 heavy (non-hydrogen) atoms. The highest BCUT2D eigenvalue weighted by Gasteiger charge is 2.43. The van der Waals surface area contributed by atoms with E-state index in [0.717, 1.165) is 62.8 Å². The van der Waals surface area contributed by atoms with Crippen LogP contribution in [0.3, 0.4) is 0 Å². The molecule has 4 nitrogen and oxygen atoms in total. The van der Waals surface area contributed by atoms with E-state index in [0.29, 0.717) is 18.5 Å². The molecule has 146 valence electrons. The van der Waals surface area contributed by atoms with Gasteiger partial charge in [0.25, 0.3) is 0 Å². The van der Waals surface area contributed by atoms with Crippen molar-refractivity contribution in [1.82, 2.24) is 9.80 Å². The molecule has 1 aromatic rings. The van der Waals surface area contributed by atoms with Crippen LogP contribution in [0.25, 0.3) is 0 Å². The Kier molecular flexibility index (Phi) is 5.27.